The predicted octanol–water partition coefficient (Wildman–Crippen LogP) is 1.53. The molecular formula is C13H15ClN4O2. The first-order chi connectivity index (χ1) is 9.65. The zero-order valence-corrected chi connectivity index (χ0v) is 11.9. The van der Waals surface area contributed by atoms with Crippen molar-refractivity contribution in [2.75, 3.05) is 31.6 Å². The Balaban J connectivity index is 2.20. The summed E-state index contributed by atoms with van der Waals surface area (Å²) >= 11 is 6.05. The Kier molecular flexibility index (Phi) is 4.77. The molecule has 7 heteroatoms. The molecule has 0 aliphatic carbocycles. The van der Waals surface area contributed by atoms with Gasteiger partial charge in [0, 0.05) is 19.3 Å². The first-order valence-corrected chi connectivity index (χ1v) is 6.73. The number of hydrogen-bond acceptors (Lipinski definition) is 5. The molecule has 1 aliphatic heterocycles. The lowest BCUT2D eigenvalue weighted by molar-refractivity contribution is 0.00347. The first-order valence-electron chi connectivity index (χ1n) is 6.35. The molecule has 1 atom stereocenters. The SMILES string of the molecule is CCNc1cc(C(=O)N2CCOC(C#N)C2)c(Cl)cn1. The van der Waals surface area contributed by atoms with Crippen LogP contribution >= 0.6 is 11.6 Å². The molecule has 2 rings (SSSR count). The average Bonchev–Trinajstić information content (AvgIpc) is 2.49. The van der Waals surface area contributed by atoms with E-state index in [1.807, 2.05) is 13.0 Å². The highest BCUT2D eigenvalue weighted by atomic mass is 35.5. The molecule has 2 heterocycles. The molecule has 20 heavy (non-hydrogen) atoms. The molecule has 6 nitrogen and oxygen atoms in total. The second kappa shape index (κ2) is 6.55. The molecule has 0 radical (unpaired) electrons. The van der Waals surface area contributed by atoms with E-state index in [0.29, 0.717) is 36.1 Å². The average molecular weight is 295 g/mol. The molecular weight excluding hydrogens is 280 g/mol. The van der Waals surface area contributed by atoms with Crippen molar-refractivity contribution in [3.63, 3.8) is 0 Å². The number of anilines is 1. The smallest absolute Gasteiger partial charge is 0.255 e. The minimum Gasteiger partial charge on any atom is -0.370 e. The number of aromatic nitrogens is 1. The van der Waals surface area contributed by atoms with E-state index in [9.17, 15) is 4.79 Å². The highest BCUT2D eigenvalue weighted by Gasteiger charge is 2.26. The Morgan fingerprint density at radius 2 is 2.55 bits per heavy atom. The van der Waals surface area contributed by atoms with Crippen LogP contribution in [0.25, 0.3) is 0 Å². The van der Waals surface area contributed by atoms with Crippen molar-refractivity contribution in [1.29, 1.82) is 5.26 Å². The van der Waals surface area contributed by atoms with Gasteiger partial charge in [-0.3, -0.25) is 4.79 Å². The number of hydrogen-bond donors (Lipinski definition) is 1. The van der Waals surface area contributed by atoms with Crippen LogP contribution in [0.3, 0.4) is 0 Å². The minimum absolute atomic E-state index is 0.208. The maximum Gasteiger partial charge on any atom is 0.255 e. The van der Waals surface area contributed by atoms with Crippen LogP contribution in [-0.4, -0.2) is 48.1 Å². The molecule has 1 aromatic rings. The van der Waals surface area contributed by atoms with Crippen LogP contribution in [0, 0.1) is 11.3 Å². The van der Waals surface area contributed by atoms with Crippen molar-refractivity contribution in [2.45, 2.75) is 13.0 Å². The van der Waals surface area contributed by atoms with Gasteiger partial charge in [0.05, 0.1) is 29.8 Å². The van der Waals surface area contributed by atoms with Crippen molar-refractivity contribution in [2.24, 2.45) is 0 Å². The third kappa shape index (κ3) is 3.18. The fraction of sp³-hybridized carbons (Fsp3) is 0.462. The van der Waals surface area contributed by atoms with Gasteiger partial charge < -0.3 is 15.0 Å². The van der Waals surface area contributed by atoms with Gasteiger partial charge in [0.2, 0.25) is 0 Å². The van der Waals surface area contributed by atoms with E-state index in [-0.39, 0.29) is 12.5 Å². The number of carbonyl (C=O) groups is 1. The van der Waals surface area contributed by atoms with E-state index in [1.54, 1.807) is 11.0 Å². The minimum atomic E-state index is -0.582. The van der Waals surface area contributed by atoms with E-state index in [0.717, 1.165) is 0 Å². The molecule has 1 aromatic heterocycles. The maximum atomic E-state index is 12.5. The molecule has 1 fully saturated rings. The predicted molar refractivity (Wildman–Crippen MR) is 74.7 cm³/mol. The number of carbonyl (C=O) groups excluding carboxylic acids is 1. The fourth-order valence-corrected chi connectivity index (χ4v) is 2.15. The topological polar surface area (TPSA) is 78.3 Å². The van der Waals surface area contributed by atoms with E-state index in [4.69, 9.17) is 21.6 Å². The van der Waals surface area contributed by atoms with Crippen LogP contribution in [0.4, 0.5) is 5.82 Å². The van der Waals surface area contributed by atoms with Crippen LogP contribution < -0.4 is 5.32 Å². The lowest BCUT2D eigenvalue weighted by Crippen LogP contribution is -2.45. The van der Waals surface area contributed by atoms with E-state index >= 15 is 0 Å². The zero-order valence-electron chi connectivity index (χ0n) is 11.1. The standard InChI is InChI=1S/C13H15ClN4O2/c1-2-16-12-5-10(11(14)7-17-12)13(19)18-3-4-20-9(6-15)8-18/h5,7,9H,2-4,8H2,1H3,(H,16,17). The van der Waals surface area contributed by atoms with Crippen molar-refractivity contribution < 1.29 is 9.53 Å². The molecule has 1 N–H and O–H groups in total. The number of nitrogens with one attached hydrogen (secondary N) is 1. The summed E-state index contributed by atoms with van der Waals surface area (Å²) in [5.74, 6) is 0.394. The van der Waals surface area contributed by atoms with E-state index in [2.05, 4.69) is 10.3 Å². The number of nitrogens with zero attached hydrogens (tertiary/aromatic N) is 3. The molecule has 0 bridgehead atoms. The van der Waals surface area contributed by atoms with Crippen LogP contribution in [0.1, 0.15) is 17.3 Å². The van der Waals surface area contributed by atoms with Gasteiger partial charge in [-0.15, -0.1) is 0 Å². The normalized spacial score (nSPS) is 18.4. The van der Waals surface area contributed by atoms with Gasteiger partial charge in [-0.05, 0) is 13.0 Å². The number of nitriles is 1. The van der Waals surface area contributed by atoms with Crippen LogP contribution in [0.15, 0.2) is 12.3 Å². The Morgan fingerprint density at radius 1 is 1.75 bits per heavy atom. The van der Waals surface area contributed by atoms with Gasteiger partial charge in [-0.1, -0.05) is 11.6 Å². The number of halogens is 1. The van der Waals surface area contributed by atoms with Gasteiger partial charge in [-0.25, -0.2) is 4.98 Å². The summed E-state index contributed by atoms with van der Waals surface area (Å²) in [6, 6.07) is 3.64. The molecule has 1 saturated heterocycles. The van der Waals surface area contributed by atoms with Gasteiger partial charge >= 0.3 is 0 Å². The molecule has 0 aromatic carbocycles. The summed E-state index contributed by atoms with van der Waals surface area (Å²) in [7, 11) is 0. The number of amides is 1. The maximum absolute atomic E-state index is 12.5. The summed E-state index contributed by atoms with van der Waals surface area (Å²) in [5, 5.41) is 12.2. The Hall–Kier alpha value is -1.84. The summed E-state index contributed by atoms with van der Waals surface area (Å²) in [5.41, 5.74) is 0.385. The summed E-state index contributed by atoms with van der Waals surface area (Å²) in [6.07, 6.45) is 0.871. The van der Waals surface area contributed by atoms with Crippen molar-refractivity contribution in [1.82, 2.24) is 9.88 Å². The lowest BCUT2D eigenvalue weighted by Gasteiger charge is -2.30. The summed E-state index contributed by atoms with van der Waals surface area (Å²) < 4.78 is 5.22. The second-order valence-electron chi connectivity index (χ2n) is 4.32. The largest absolute Gasteiger partial charge is 0.370 e. The molecule has 0 saturated carbocycles. The number of rotatable bonds is 3. The van der Waals surface area contributed by atoms with Crippen molar-refractivity contribution >= 4 is 23.3 Å². The molecule has 1 amide bonds. The van der Waals surface area contributed by atoms with Crippen molar-refractivity contribution in [3.05, 3.63) is 22.8 Å². The number of ether oxygens (including phenoxy) is 1. The van der Waals surface area contributed by atoms with Crippen LogP contribution in [-0.2, 0) is 4.74 Å². The molecule has 106 valence electrons. The molecule has 1 aliphatic rings. The second-order valence-corrected chi connectivity index (χ2v) is 4.73. The van der Waals surface area contributed by atoms with Gasteiger partial charge in [0.25, 0.3) is 5.91 Å². The van der Waals surface area contributed by atoms with Crippen molar-refractivity contribution in [3.8, 4) is 6.07 Å². The van der Waals surface area contributed by atoms with Gasteiger partial charge in [0.15, 0.2) is 6.10 Å². The Bertz CT molecular complexity index is 544. The van der Waals surface area contributed by atoms with E-state index < -0.39 is 6.10 Å². The monoisotopic (exact) mass is 294 g/mol. The van der Waals surface area contributed by atoms with Gasteiger partial charge in [0.1, 0.15) is 5.82 Å². The summed E-state index contributed by atoms with van der Waals surface area (Å²) in [6.45, 7) is 3.71. The Morgan fingerprint density at radius 3 is 3.25 bits per heavy atom. The third-order valence-corrected chi connectivity index (χ3v) is 3.24. The van der Waals surface area contributed by atoms with E-state index in [1.165, 1.54) is 6.20 Å². The highest BCUT2D eigenvalue weighted by molar-refractivity contribution is 6.33. The fourth-order valence-electron chi connectivity index (χ4n) is 1.96. The zero-order chi connectivity index (χ0) is 14.5. The lowest BCUT2D eigenvalue weighted by atomic mass is 10.2. The Labute approximate surface area is 122 Å². The first kappa shape index (κ1) is 14.6. The van der Waals surface area contributed by atoms with Crippen LogP contribution in [0.2, 0.25) is 5.02 Å². The number of pyridine rings is 1. The third-order valence-electron chi connectivity index (χ3n) is 2.94. The van der Waals surface area contributed by atoms with Gasteiger partial charge in [-0.2, -0.15) is 5.26 Å². The molecule has 0 spiro atoms. The molecule has 1 unspecified atom stereocenters. The van der Waals surface area contributed by atoms with Crippen LogP contribution in [0.5, 0.6) is 0 Å². The summed E-state index contributed by atoms with van der Waals surface area (Å²) in [4.78, 5) is 18.1. The highest BCUT2D eigenvalue weighted by Crippen LogP contribution is 2.21. The quantitative estimate of drug-likeness (QED) is 0.914. The number of morpholine rings is 1.